The second-order valence-corrected chi connectivity index (χ2v) is 8.05. The van der Waals surface area contributed by atoms with Crippen molar-refractivity contribution < 1.29 is 9.21 Å². The number of anilines is 1. The molecule has 3 N–H and O–H groups in total. The van der Waals surface area contributed by atoms with Crippen molar-refractivity contribution in [3.63, 3.8) is 0 Å². The van der Waals surface area contributed by atoms with Gasteiger partial charge in [-0.05, 0) is 38.0 Å². The van der Waals surface area contributed by atoms with Crippen LogP contribution < -0.4 is 26.5 Å². The van der Waals surface area contributed by atoms with Crippen LogP contribution in [0.15, 0.2) is 27.4 Å². The van der Waals surface area contributed by atoms with E-state index < -0.39 is 0 Å². The number of aryl methyl sites for hydroxylation is 2. The summed E-state index contributed by atoms with van der Waals surface area (Å²) in [5.41, 5.74) is 2.81. The maximum absolute atomic E-state index is 13.3. The summed E-state index contributed by atoms with van der Waals surface area (Å²) in [5, 5.41) is 11.1. The van der Waals surface area contributed by atoms with Crippen LogP contribution >= 0.6 is 0 Å². The molecule has 0 aliphatic carbocycles. The SMILES string of the molecule is CCN(C(=O)CN1CCNCCNCCNCC1)c1cc2oc(=O)cc(C)c2cc1C. The summed E-state index contributed by atoms with van der Waals surface area (Å²) >= 11 is 0. The van der Waals surface area contributed by atoms with E-state index in [1.54, 1.807) is 4.90 Å². The molecule has 0 spiro atoms. The average molecular weight is 430 g/mol. The van der Waals surface area contributed by atoms with Gasteiger partial charge in [-0.25, -0.2) is 4.79 Å². The molecule has 1 saturated heterocycles. The molecule has 2 aromatic rings. The van der Waals surface area contributed by atoms with Crippen LogP contribution in [0.25, 0.3) is 11.0 Å². The van der Waals surface area contributed by atoms with E-state index >= 15 is 0 Å². The Morgan fingerprint density at radius 2 is 1.58 bits per heavy atom. The lowest BCUT2D eigenvalue weighted by atomic mass is 10.1. The van der Waals surface area contributed by atoms with Gasteiger partial charge in [0, 0.05) is 76.4 Å². The fraction of sp³-hybridized carbons (Fsp3) is 0.565. The number of rotatable bonds is 4. The lowest BCUT2D eigenvalue weighted by Gasteiger charge is -2.28. The zero-order valence-electron chi connectivity index (χ0n) is 18.9. The lowest BCUT2D eigenvalue weighted by Crippen LogP contribution is -2.46. The standard InChI is InChI=1S/C23H35N5O3/c1-4-28(20-15-21-19(13-18(20)3)17(2)14-23(30)31-21)22(29)16-27-11-9-25-7-5-24-6-8-26-10-12-27/h13-15,24-26H,4-12,16H2,1-3H3. The molecule has 1 fully saturated rings. The molecule has 1 aliphatic rings. The minimum atomic E-state index is -0.372. The molecule has 3 rings (SSSR count). The summed E-state index contributed by atoms with van der Waals surface area (Å²) in [4.78, 5) is 29.1. The number of benzene rings is 1. The van der Waals surface area contributed by atoms with E-state index in [2.05, 4.69) is 20.9 Å². The van der Waals surface area contributed by atoms with Crippen LogP contribution in [-0.4, -0.2) is 76.3 Å². The predicted molar refractivity (Wildman–Crippen MR) is 125 cm³/mol. The van der Waals surface area contributed by atoms with Crippen LogP contribution in [0.3, 0.4) is 0 Å². The van der Waals surface area contributed by atoms with Crippen molar-refractivity contribution in [1.82, 2.24) is 20.9 Å². The maximum atomic E-state index is 13.3. The highest BCUT2D eigenvalue weighted by Gasteiger charge is 2.20. The van der Waals surface area contributed by atoms with Crippen LogP contribution in [0.2, 0.25) is 0 Å². The van der Waals surface area contributed by atoms with E-state index in [-0.39, 0.29) is 11.5 Å². The largest absolute Gasteiger partial charge is 0.423 e. The molecule has 1 amide bonds. The van der Waals surface area contributed by atoms with Gasteiger partial charge in [0.2, 0.25) is 5.91 Å². The van der Waals surface area contributed by atoms with Crippen LogP contribution in [-0.2, 0) is 4.79 Å². The van der Waals surface area contributed by atoms with Gasteiger partial charge in [-0.2, -0.15) is 0 Å². The fourth-order valence-electron chi connectivity index (χ4n) is 3.98. The summed E-state index contributed by atoms with van der Waals surface area (Å²) in [6, 6.07) is 5.32. The molecule has 0 radical (unpaired) electrons. The number of carbonyl (C=O) groups excluding carboxylic acids is 1. The van der Waals surface area contributed by atoms with E-state index in [0.717, 1.165) is 74.6 Å². The summed E-state index contributed by atoms with van der Waals surface area (Å²) in [5.74, 6) is 0.0497. The lowest BCUT2D eigenvalue weighted by molar-refractivity contribution is -0.119. The van der Waals surface area contributed by atoms with Crippen molar-refractivity contribution in [3.8, 4) is 0 Å². The number of nitrogens with zero attached hydrogens (tertiary/aromatic N) is 2. The van der Waals surface area contributed by atoms with Gasteiger partial charge in [-0.3, -0.25) is 9.69 Å². The zero-order valence-corrected chi connectivity index (χ0v) is 18.9. The predicted octanol–water partition coefficient (Wildman–Crippen LogP) is 0.847. The third-order valence-electron chi connectivity index (χ3n) is 5.70. The second-order valence-electron chi connectivity index (χ2n) is 8.05. The average Bonchev–Trinajstić information content (AvgIpc) is 2.71. The van der Waals surface area contributed by atoms with Crippen molar-refractivity contribution in [2.75, 3.05) is 70.3 Å². The molecule has 8 heteroatoms. The molecule has 170 valence electrons. The summed E-state index contributed by atoms with van der Waals surface area (Å²) in [6.45, 7) is 13.8. The first-order valence-electron chi connectivity index (χ1n) is 11.2. The molecule has 0 unspecified atom stereocenters. The first kappa shape index (κ1) is 23.4. The first-order chi connectivity index (χ1) is 15.0. The maximum Gasteiger partial charge on any atom is 0.336 e. The minimum absolute atomic E-state index is 0.0497. The highest BCUT2D eigenvalue weighted by molar-refractivity contribution is 5.98. The van der Waals surface area contributed by atoms with E-state index in [0.29, 0.717) is 18.7 Å². The molecule has 8 nitrogen and oxygen atoms in total. The van der Waals surface area contributed by atoms with E-state index in [1.807, 2.05) is 32.9 Å². The zero-order chi connectivity index (χ0) is 22.2. The van der Waals surface area contributed by atoms with Crippen LogP contribution in [0.4, 0.5) is 5.69 Å². The van der Waals surface area contributed by atoms with E-state index in [4.69, 9.17) is 4.42 Å². The van der Waals surface area contributed by atoms with Crippen LogP contribution in [0, 0.1) is 13.8 Å². The number of nitrogens with one attached hydrogen (secondary N) is 3. The molecule has 1 aromatic carbocycles. The summed E-state index contributed by atoms with van der Waals surface area (Å²) in [6.07, 6.45) is 0. The van der Waals surface area contributed by atoms with E-state index in [1.165, 1.54) is 6.07 Å². The Bertz CT molecular complexity index is 931. The Labute approximate surface area is 184 Å². The molecule has 1 aromatic heterocycles. The number of fused-ring (bicyclic) bond motifs is 1. The molecule has 1 aliphatic heterocycles. The van der Waals surface area contributed by atoms with Gasteiger partial charge in [0.15, 0.2) is 0 Å². The van der Waals surface area contributed by atoms with Gasteiger partial charge in [0.05, 0.1) is 12.2 Å². The van der Waals surface area contributed by atoms with Gasteiger partial charge in [0.25, 0.3) is 0 Å². The molecular formula is C23H35N5O3. The number of likely N-dealkylation sites (N-methyl/N-ethyl adjacent to an activating group) is 1. The Kier molecular flexibility index (Phi) is 8.60. The Balaban J connectivity index is 1.76. The summed E-state index contributed by atoms with van der Waals surface area (Å²) in [7, 11) is 0. The van der Waals surface area contributed by atoms with E-state index in [9.17, 15) is 9.59 Å². The van der Waals surface area contributed by atoms with Gasteiger partial charge < -0.3 is 25.3 Å². The number of carbonyl (C=O) groups is 1. The molecule has 0 atom stereocenters. The highest BCUT2D eigenvalue weighted by Crippen LogP contribution is 2.28. The van der Waals surface area contributed by atoms with Gasteiger partial charge in [-0.1, -0.05) is 0 Å². The second kappa shape index (κ2) is 11.4. The van der Waals surface area contributed by atoms with Crippen molar-refractivity contribution in [2.24, 2.45) is 0 Å². The number of hydrogen-bond donors (Lipinski definition) is 3. The number of hydrogen-bond acceptors (Lipinski definition) is 7. The van der Waals surface area contributed by atoms with Gasteiger partial charge in [0.1, 0.15) is 5.58 Å². The Morgan fingerprint density at radius 3 is 2.19 bits per heavy atom. The quantitative estimate of drug-likeness (QED) is 0.621. The molecule has 31 heavy (non-hydrogen) atoms. The van der Waals surface area contributed by atoms with Crippen LogP contribution in [0.1, 0.15) is 18.1 Å². The van der Waals surface area contributed by atoms with Crippen LogP contribution in [0.5, 0.6) is 0 Å². The molecular weight excluding hydrogens is 394 g/mol. The molecule has 0 bridgehead atoms. The van der Waals surface area contributed by atoms with Crippen molar-refractivity contribution in [2.45, 2.75) is 20.8 Å². The smallest absolute Gasteiger partial charge is 0.336 e. The molecule has 2 heterocycles. The third kappa shape index (κ3) is 6.36. The Hall–Kier alpha value is -2.26. The van der Waals surface area contributed by atoms with Crippen molar-refractivity contribution >= 4 is 22.6 Å². The normalized spacial score (nSPS) is 17.1. The first-order valence-corrected chi connectivity index (χ1v) is 11.2. The van der Waals surface area contributed by atoms with Gasteiger partial charge >= 0.3 is 5.63 Å². The minimum Gasteiger partial charge on any atom is -0.423 e. The monoisotopic (exact) mass is 429 g/mol. The van der Waals surface area contributed by atoms with Gasteiger partial charge in [-0.15, -0.1) is 0 Å². The van der Waals surface area contributed by atoms with Crippen molar-refractivity contribution in [3.05, 3.63) is 39.7 Å². The highest BCUT2D eigenvalue weighted by atomic mass is 16.4. The summed E-state index contributed by atoms with van der Waals surface area (Å²) < 4.78 is 5.42. The third-order valence-corrected chi connectivity index (χ3v) is 5.70. The van der Waals surface area contributed by atoms with Crippen molar-refractivity contribution in [1.29, 1.82) is 0 Å². The fourth-order valence-corrected chi connectivity index (χ4v) is 3.98. The topological polar surface area (TPSA) is 89.8 Å². The number of amides is 1. The Morgan fingerprint density at radius 1 is 0.968 bits per heavy atom. The molecule has 0 saturated carbocycles.